The van der Waals surface area contributed by atoms with Crippen LogP contribution in [0.1, 0.15) is 17.7 Å². The normalized spacial score (nSPS) is 12.7. The molecule has 0 unspecified atom stereocenters. The standard InChI is InChI=1S/C42H30N2/c1-3-14-29(15-4-1)31-26-32(30-16-5-2-6-17-30)28-33(27-31)43-39-23-12-9-20-36(39)42-40(43)24-13-25-41(42)44-37-21-10-7-18-34(37)35-19-8-11-22-38(35)44/h1-10,12-21,23-28H,11,22H2. The van der Waals surface area contributed by atoms with Gasteiger partial charge in [-0.15, -0.1) is 0 Å². The Morgan fingerprint density at radius 1 is 0.455 bits per heavy atom. The van der Waals surface area contributed by atoms with E-state index in [0.717, 1.165) is 18.5 Å². The summed E-state index contributed by atoms with van der Waals surface area (Å²) in [5.41, 5.74) is 13.7. The van der Waals surface area contributed by atoms with Crippen LogP contribution in [0.2, 0.25) is 0 Å². The molecule has 1 aliphatic carbocycles. The van der Waals surface area contributed by atoms with Gasteiger partial charge in [-0.2, -0.15) is 0 Å². The van der Waals surface area contributed by atoms with Gasteiger partial charge in [0, 0.05) is 33.1 Å². The minimum Gasteiger partial charge on any atom is -0.312 e. The predicted octanol–water partition coefficient (Wildman–Crippen LogP) is 11.0. The van der Waals surface area contributed by atoms with Gasteiger partial charge in [-0.25, -0.2) is 0 Å². The van der Waals surface area contributed by atoms with Crippen LogP contribution in [0.4, 0.5) is 0 Å². The van der Waals surface area contributed by atoms with E-state index in [4.69, 9.17) is 0 Å². The lowest BCUT2D eigenvalue weighted by Crippen LogP contribution is -2.03. The van der Waals surface area contributed by atoms with Gasteiger partial charge in [0.05, 0.1) is 22.2 Å². The zero-order valence-corrected chi connectivity index (χ0v) is 24.3. The largest absolute Gasteiger partial charge is 0.312 e. The van der Waals surface area contributed by atoms with Crippen LogP contribution in [0.25, 0.3) is 72.4 Å². The van der Waals surface area contributed by atoms with Crippen molar-refractivity contribution >= 4 is 38.8 Å². The van der Waals surface area contributed by atoms with E-state index in [2.05, 4.69) is 167 Å². The van der Waals surface area contributed by atoms with Crippen molar-refractivity contribution in [2.45, 2.75) is 12.8 Å². The van der Waals surface area contributed by atoms with Crippen LogP contribution in [0.3, 0.4) is 0 Å². The first-order valence-electron chi connectivity index (χ1n) is 15.4. The fourth-order valence-corrected chi connectivity index (χ4v) is 7.25. The average molecular weight is 563 g/mol. The second kappa shape index (κ2) is 10.00. The van der Waals surface area contributed by atoms with Crippen LogP contribution in [-0.2, 0) is 6.42 Å². The van der Waals surface area contributed by atoms with Crippen molar-refractivity contribution < 1.29 is 0 Å². The summed E-state index contributed by atoms with van der Waals surface area (Å²) >= 11 is 0. The van der Waals surface area contributed by atoms with Gasteiger partial charge >= 0.3 is 0 Å². The van der Waals surface area contributed by atoms with Crippen molar-refractivity contribution in [2.24, 2.45) is 0 Å². The van der Waals surface area contributed by atoms with Crippen LogP contribution in [-0.4, -0.2) is 9.13 Å². The van der Waals surface area contributed by atoms with Gasteiger partial charge in [-0.1, -0.05) is 115 Å². The van der Waals surface area contributed by atoms with E-state index in [-0.39, 0.29) is 0 Å². The van der Waals surface area contributed by atoms with Gasteiger partial charge in [0.2, 0.25) is 0 Å². The molecule has 2 aromatic heterocycles. The highest BCUT2D eigenvalue weighted by molar-refractivity contribution is 6.14. The fourth-order valence-electron chi connectivity index (χ4n) is 7.25. The number of benzene rings is 6. The van der Waals surface area contributed by atoms with E-state index < -0.39 is 0 Å². The maximum absolute atomic E-state index is 2.53. The summed E-state index contributed by atoms with van der Waals surface area (Å²) in [6.45, 7) is 0. The van der Waals surface area contributed by atoms with Gasteiger partial charge in [0.15, 0.2) is 0 Å². The first-order chi connectivity index (χ1) is 21.8. The fraction of sp³-hybridized carbons (Fsp3) is 0.0476. The van der Waals surface area contributed by atoms with Gasteiger partial charge < -0.3 is 9.13 Å². The molecule has 2 heterocycles. The third-order valence-corrected chi connectivity index (χ3v) is 9.16. The molecular weight excluding hydrogens is 532 g/mol. The Kier molecular flexibility index (Phi) is 5.67. The monoisotopic (exact) mass is 562 g/mol. The zero-order chi connectivity index (χ0) is 29.0. The maximum atomic E-state index is 2.53. The smallest absolute Gasteiger partial charge is 0.0562 e. The molecule has 0 N–H and O–H groups in total. The van der Waals surface area contributed by atoms with Crippen molar-refractivity contribution in [3.05, 3.63) is 163 Å². The molecule has 6 aromatic carbocycles. The Labute approximate surface area is 256 Å². The first kappa shape index (κ1) is 24.9. The van der Waals surface area contributed by atoms with E-state index in [0.29, 0.717) is 0 Å². The quantitative estimate of drug-likeness (QED) is 0.202. The second-order valence-electron chi connectivity index (χ2n) is 11.7. The Morgan fingerprint density at radius 3 is 1.75 bits per heavy atom. The molecular formula is C42H30N2. The molecule has 2 heteroatoms. The summed E-state index contributed by atoms with van der Waals surface area (Å²) < 4.78 is 4.99. The lowest BCUT2D eigenvalue weighted by molar-refractivity contribution is 0.892. The molecule has 0 atom stereocenters. The number of allylic oxidation sites excluding steroid dienone is 1. The maximum Gasteiger partial charge on any atom is 0.0562 e. The Balaban J connectivity index is 1.37. The molecule has 0 saturated carbocycles. The number of hydrogen-bond donors (Lipinski definition) is 0. The van der Waals surface area contributed by atoms with Crippen molar-refractivity contribution in [3.63, 3.8) is 0 Å². The van der Waals surface area contributed by atoms with Gasteiger partial charge in [-0.3, -0.25) is 0 Å². The average Bonchev–Trinajstić information content (AvgIpc) is 3.62. The number of hydrogen-bond acceptors (Lipinski definition) is 0. The van der Waals surface area contributed by atoms with Gasteiger partial charge in [0.25, 0.3) is 0 Å². The zero-order valence-electron chi connectivity index (χ0n) is 24.3. The molecule has 0 aliphatic heterocycles. The summed E-state index contributed by atoms with van der Waals surface area (Å²) in [5, 5.41) is 3.87. The van der Waals surface area contributed by atoms with Crippen LogP contribution >= 0.6 is 0 Å². The van der Waals surface area contributed by atoms with Crippen LogP contribution in [0.15, 0.2) is 152 Å². The van der Waals surface area contributed by atoms with Crippen molar-refractivity contribution in [2.75, 3.05) is 0 Å². The molecule has 9 rings (SSSR count). The molecule has 208 valence electrons. The number of nitrogens with zero attached hydrogens (tertiary/aromatic N) is 2. The molecule has 44 heavy (non-hydrogen) atoms. The van der Waals surface area contributed by atoms with E-state index in [1.54, 1.807) is 0 Å². The Hall–Kier alpha value is -5.60. The summed E-state index contributed by atoms with van der Waals surface area (Å²) in [6.07, 6.45) is 6.74. The van der Waals surface area contributed by atoms with E-state index in [9.17, 15) is 0 Å². The number of rotatable bonds is 4. The molecule has 0 saturated heterocycles. The highest BCUT2D eigenvalue weighted by Crippen LogP contribution is 2.41. The SMILES string of the molecule is C1=Cc2c(n(-c3cccc4c3c3ccccc3n4-c3cc(-c4ccccc4)cc(-c4ccccc4)c3)c3ccccc23)CC1. The minimum absolute atomic E-state index is 1.04. The lowest BCUT2D eigenvalue weighted by atomic mass is 9.98. The lowest BCUT2D eigenvalue weighted by Gasteiger charge is -2.16. The topological polar surface area (TPSA) is 9.86 Å². The van der Waals surface area contributed by atoms with Gasteiger partial charge in [-0.05, 0) is 77.6 Å². The Morgan fingerprint density at radius 2 is 1.05 bits per heavy atom. The number of aromatic nitrogens is 2. The number of fused-ring (bicyclic) bond motifs is 6. The summed E-state index contributed by atoms with van der Waals surface area (Å²) in [5.74, 6) is 0. The van der Waals surface area contributed by atoms with Crippen molar-refractivity contribution in [1.29, 1.82) is 0 Å². The van der Waals surface area contributed by atoms with Crippen molar-refractivity contribution in [1.82, 2.24) is 9.13 Å². The molecule has 1 aliphatic rings. The number of para-hydroxylation sites is 2. The van der Waals surface area contributed by atoms with E-state index >= 15 is 0 Å². The molecule has 8 aromatic rings. The molecule has 0 fully saturated rings. The van der Waals surface area contributed by atoms with Crippen LogP contribution in [0.5, 0.6) is 0 Å². The van der Waals surface area contributed by atoms with Crippen LogP contribution < -0.4 is 0 Å². The summed E-state index contributed by atoms with van der Waals surface area (Å²) in [6, 6.07) is 53.0. The van der Waals surface area contributed by atoms with Crippen LogP contribution in [0, 0.1) is 0 Å². The first-order valence-corrected chi connectivity index (χ1v) is 15.4. The summed E-state index contributed by atoms with van der Waals surface area (Å²) in [7, 11) is 0. The second-order valence-corrected chi connectivity index (χ2v) is 11.7. The van der Waals surface area contributed by atoms with E-state index in [1.165, 1.54) is 71.9 Å². The summed E-state index contributed by atoms with van der Waals surface area (Å²) in [4.78, 5) is 0. The highest BCUT2D eigenvalue weighted by Gasteiger charge is 2.22. The molecule has 0 bridgehead atoms. The molecule has 0 spiro atoms. The highest BCUT2D eigenvalue weighted by atomic mass is 15.0. The minimum atomic E-state index is 1.04. The third-order valence-electron chi connectivity index (χ3n) is 9.16. The predicted molar refractivity (Wildman–Crippen MR) is 186 cm³/mol. The third kappa shape index (κ3) is 3.81. The van der Waals surface area contributed by atoms with E-state index in [1.807, 2.05) is 0 Å². The van der Waals surface area contributed by atoms with Crippen molar-refractivity contribution in [3.8, 4) is 33.6 Å². The molecule has 0 amide bonds. The molecule has 2 nitrogen and oxygen atoms in total. The molecule has 0 radical (unpaired) electrons. The Bertz CT molecular complexity index is 2310. The van der Waals surface area contributed by atoms with Gasteiger partial charge in [0.1, 0.15) is 0 Å².